The highest BCUT2D eigenvalue weighted by Crippen LogP contribution is 2.25. The summed E-state index contributed by atoms with van der Waals surface area (Å²) in [5.41, 5.74) is 0.0506. The average Bonchev–Trinajstić information content (AvgIpc) is 2.13. The van der Waals surface area contributed by atoms with E-state index < -0.39 is 5.97 Å². The summed E-state index contributed by atoms with van der Waals surface area (Å²) in [5, 5.41) is 8.90. The van der Waals surface area contributed by atoms with Crippen molar-refractivity contribution < 1.29 is 19.4 Å². The first-order valence-electron chi connectivity index (χ1n) is 4.30. The van der Waals surface area contributed by atoms with E-state index in [1.54, 1.807) is 0 Å². The van der Waals surface area contributed by atoms with Crippen LogP contribution in [-0.4, -0.2) is 35.4 Å². The second-order valence-corrected chi connectivity index (χ2v) is 3.45. The Morgan fingerprint density at radius 1 is 1.67 bits per heavy atom. The highest BCUT2D eigenvalue weighted by molar-refractivity contribution is 6.30. The van der Waals surface area contributed by atoms with Crippen LogP contribution in [0, 0.1) is 0 Å². The van der Waals surface area contributed by atoms with Gasteiger partial charge in [0.2, 0.25) is 0 Å². The number of carbonyl (C=O) groups is 1. The predicted octanol–water partition coefficient (Wildman–Crippen LogP) is 1.21. The number of pyridine rings is 1. The molecule has 0 aliphatic carbocycles. The Labute approximate surface area is 90.6 Å². The lowest BCUT2D eigenvalue weighted by atomic mass is 10.2. The van der Waals surface area contributed by atoms with E-state index >= 15 is 0 Å². The smallest absolute Gasteiger partial charge is 0.337 e. The Morgan fingerprint density at radius 3 is 2.93 bits per heavy atom. The largest absolute Gasteiger partial charge is 0.482 e. The number of hydrogen-bond donors (Lipinski definition) is 1. The summed E-state index contributed by atoms with van der Waals surface area (Å²) in [7, 11) is 0. The lowest BCUT2D eigenvalue weighted by molar-refractivity contribution is -0.0797. The minimum absolute atomic E-state index is 0.0506. The molecule has 0 spiro atoms. The second kappa shape index (κ2) is 4.04. The van der Waals surface area contributed by atoms with Crippen LogP contribution in [-0.2, 0) is 4.74 Å². The van der Waals surface area contributed by atoms with Gasteiger partial charge in [0.05, 0.1) is 18.8 Å². The molecule has 1 aromatic heterocycles. The van der Waals surface area contributed by atoms with Crippen molar-refractivity contribution in [2.45, 2.75) is 6.10 Å². The van der Waals surface area contributed by atoms with Crippen molar-refractivity contribution in [1.82, 2.24) is 4.98 Å². The second-order valence-electron chi connectivity index (χ2n) is 3.10. The Kier molecular flexibility index (Phi) is 2.75. The van der Waals surface area contributed by atoms with Gasteiger partial charge < -0.3 is 14.6 Å². The fraction of sp³-hybridized carbons (Fsp3) is 0.333. The molecule has 15 heavy (non-hydrogen) atoms. The van der Waals surface area contributed by atoms with Crippen molar-refractivity contribution in [3.05, 3.63) is 23.0 Å². The van der Waals surface area contributed by atoms with Crippen molar-refractivity contribution in [3.8, 4) is 5.75 Å². The van der Waals surface area contributed by atoms with Crippen LogP contribution in [0.15, 0.2) is 12.3 Å². The highest BCUT2D eigenvalue weighted by atomic mass is 35.5. The first-order chi connectivity index (χ1) is 7.16. The van der Waals surface area contributed by atoms with Gasteiger partial charge in [-0.3, -0.25) is 0 Å². The zero-order valence-corrected chi connectivity index (χ0v) is 8.40. The van der Waals surface area contributed by atoms with Gasteiger partial charge in [-0.25, -0.2) is 9.78 Å². The van der Waals surface area contributed by atoms with Crippen LogP contribution < -0.4 is 4.74 Å². The third-order valence-corrected chi connectivity index (χ3v) is 2.24. The Balaban J connectivity index is 2.19. The molecule has 0 saturated carbocycles. The number of halogens is 1. The van der Waals surface area contributed by atoms with Gasteiger partial charge in [0.25, 0.3) is 0 Å². The standard InChI is InChI=1S/C9H8ClNO4/c10-8-7(15-6-3-14-4-6)1-5(2-11-8)9(12)13/h1-2,6H,3-4H2,(H,12,13). The molecule has 1 fully saturated rings. The van der Waals surface area contributed by atoms with Crippen LogP contribution >= 0.6 is 11.6 Å². The number of ether oxygens (including phenoxy) is 2. The summed E-state index contributed by atoms with van der Waals surface area (Å²) < 4.78 is 10.3. The molecule has 0 radical (unpaired) electrons. The molecule has 0 unspecified atom stereocenters. The summed E-state index contributed by atoms with van der Waals surface area (Å²) in [5.74, 6) is -0.779. The van der Waals surface area contributed by atoms with Gasteiger partial charge in [-0.05, 0) is 6.07 Å². The molecule has 1 saturated heterocycles. The maximum absolute atomic E-state index is 10.7. The zero-order chi connectivity index (χ0) is 10.8. The van der Waals surface area contributed by atoms with Gasteiger partial charge in [0.15, 0.2) is 10.9 Å². The molecule has 0 aromatic carbocycles. The molecule has 0 amide bonds. The highest BCUT2D eigenvalue weighted by Gasteiger charge is 2.22. The quantitative estimate of drug-likeness (QED) is 0.789. The van der Waals surface area contributed by atoms with E-state index in [1.807, 2.05) is 0 Å². The number of carboxylic acid groups (broad SMARTS) is 1. The van der Waals surface area contributed by atoms with Crippen LogP contribution in [0.25, 0.3) is 0 Å². The van der Waals surface area contributed by atoms with Crippen LogP contribution in [0.3, 0.4) is 0 Å². The topological polar surface area (TPSA) is 68.7 Å². The molecule has 0 atom stereocenters. The van der Waals surface area contributed by atoms with Gasteiger partial charge >= 0.3 is 5.97 Å². The first-order valence-corrected chi connectivity index (χ1v) is 4.68. The minimum atomic E-state index is -1.06. The van der Waals surface area contributed by atoms with Gasteiger partial charge in [-0.1, -0.05) is 11.6 Å². The zero-order valence-electron chi connectivity index (χ0n) is 7.64. The van der Waals surface area contributed by atoms with Gasteiger partial charge in [0.1, 0.15) is 6.10 Å². The van der Waals surface area contributed by atoms with Crippen molar-refractivity contribution in [2.75, 3.05) is 13.2 Å². The number of aromatic nitrogens is 1. The number of nitrogens with zero attached hydrogens (tertiary/aromatic N) is 1. The average molecular weight is 230 g/mol. The Bertz CT molecular complexity index is 392. The van der Waals surface area contributed by atoms with Crippen molar-refractivity contribution >= 4 is 17.6 Å². The predicted molar refractivity (Wildman–Crippen MR) is 51.4 cm³/mol. The molecular formula is C9H8ClNO4. The third kappa shape index (κ3) is 2.19. The first kappa shape index (κ1) is 10.2. The molecule has 2 heterocycles. The molecule has 1 aliphatic rings. The van der Waals surface area contributed by atoms with Crippen LogP contribution in [0.1, 0.15) is 10.4 Å². The van der Waals surface area contributed by atoms with Crippen LogP contribution in [0.2, 0.25) is 5.15 Å². The number of carboxylic acids is 1. The number of hydrogen-bond acceptors (Lipinski definition) is 4. The molecule has 1 aromatic rings. The lowest BCUT2D eigenvalue weighted by Gasteiger charge is -2.26. The molecule has 2 rings (SSSR count). The molecule has 5 nitrogen and oxygen atoms in total. The lowest BCUT2D eigenvalue weighted by Crippen LogP contribution is -2.38. The van der Waals surface area contributed by atoms with E-state index in [-0.39, 0.29) is 22.6 Å². The van der Waals surface area contributed by atoms with E-state index in [1.165, 1.54) is 12.3 Å². The summed E-state index contributed by atoms with van der Waals surface area (Å²) in [4.78, 5) is 14.4. The van der Waals surface area contributed by atoms with Gasteiger partial charge in [0, 0.05) is 6.20 Å². The van der Waals surface area contributed by atoms with Crippen molar-refractivity contribution in [2.24, 2.45) is 0 Å². The van der Waals surface area contributed by atoms with E-state index in [2.05, 4.69) is 4.98 Å². The molecule has 1 N–H and O–H groups in total. The molecular weight excluding hydrogens is 222 g/mol. The fourth-order valence-corrected chi connectivity index (χ4v) is 1.24. The van der Waals surface area contributed by atoms with E-state index in [0.29, 0.717) is 13.2 Å². The summed E-state index contributed by atoms with van der Waals surface area (Å²) >= 11 is 5.76. The van der Waals surface area contributed by atoms with E-state index in [9.17, 15) is 4.79 Å². The number of rotatable bonds is 3. The Morgan fingerprint density at radius 2 is 2.40 bits per heavy atom. The Hall–Kier alpha value is -1.33. The minimum Gasteiger partial charge on any atom is -0.482 e. The fourth-order valence-electron chi connectivity index (χ4n) is 1.09. The monoisotopic (exact) mass is 229 g/mol. The van der Waals surface area contributed by atoms with E-state index in [4.69, 9.17) is 26.2 Å². The van der Waals surface area contributed by atoms with Crippen LogP contribution in [0.4, 0.5) is 0 Å². The maximum Gasteiger partial charge on any atom is 0.337 e. The summed E-state index contributed by atoms with van der Waals surface area (Å²) in [6.45, 7) is 0.987. The summed E-state index contributed by atoms with van der Waals surface area (Å²) in [6.07, 6.45) is 1.13. The summed E-state index contributed by atoms with van der Waals surface area (Å²) in [6, 6.07) is 1.36. The third-order valence-electron chi connectivity index (χ3n) is 1.95. The van der Waals surface area contributed by atoms with Gasteiger partial charge in [-0.15, -0.1) is 0 Å². The van der Waals surface area contributed by atoms with Crippen LogP contribution in [0.5, 0.6) is 5.75 Å². The maximum atomic E-state index is 10.7. The molecule has 0 bridgehead atoms. The molecule has 6 heteroatoms. The molecule has 80 valence electrons. The van der Waals surface area contributed by atoms with Gasteiger partial charge in [-0.2, -0.15) is 0 Å². The van der Waals surface area contributed by atoms with E-state index in [0.717, 1.165) is 0 Å². The molecule has 1 aliphatic heterocycles. The van der Waals surface area contributed by atoms with Crippen molar-refractivity contribution in [3.63, 3.8) is 0 Å². The SMILES string of the molecule is O=C(O)c1cnc(Cl)c(OC2COC2)c1. The normalized spacial score (nSPS) is 15.8. The van der Waals surface area contributed by atoms with Crippen molar-refractivity contribution in [1.29, 1.82) is 0 Å². The number of aromatic carboxylic acids is 1.